The number of halogens is 7. The van der Waals surface area contributed by atoms with Gasteiger partial charge in [0.05, 0.1) is 12.0 Å². The number of amides is 2. The van der Waals surface area contributed by atoms with Crippen molar-refractivity contribution in [3.8, 4) is 11.4 Å². The van der Waals surface area contributed by atoms with E-state index in [0.29, 0.717) is 15.8 Å². The van der Waals surface area contributed by atoms with E-state index in [1.54, 1.807) is 0 Å². The summed E-state index contributed by atoms with van der Waals surface area (Å²) in [5.74, 6) is -2.39. The number of nitrogens with zero attached hydrogens (tertiary/aromatic N) is 3. The maximum absolute atomic E-state index is 13.3. The molecule has 1 atom stereocenters. The van der Waals surface area contributed by atoms with Gasteiger partial charge in [-0.25, -0.2) is 9.48 Å². The Morgan fingerprint density at radius 1 is 1.03 bits per heavy atom. The lowest BCUT2D eigenvalue weighted by atomic mass is 9.85. The molecule has 39 heavy (non-hydrogen) atoms. The van der Waals surface area contributed by atoms with E-state index in [1.165, 1.54) is 37.3 Å². The van der Waals surface area contributed by atoms with Gasteiger partial charge in [-0.1, -0.05) is 30.7 Å². The molecule has 2 aromatic carbocycles. The predicted octanol–water partition coefficient (Wildman–Crippen LogP) is 4.24. The minimum atomic E-state index is -4.74. The van der Waals surface area contributed by atoms with Gasteiger partial charge in [0.2, 0.25) is 11.8 Å². The molecule has 3 aromatic rings. The Morgan fingerprint density at radius 3 is 2.18 bits per heavy atom. The number of rotatable bonds is 9. The summed E-state index contributed by atoms with van der Waals surface area (Å²) in [6.45, 7) is -0.263. The Balaban J connectivity index is 1.98. The zero-order valence-electron chi connectivity index (χ0n) is 20.2. The maximum atomic E-state index is 13.3. The SMILES string of the molecule is CCC(NC(=O)Cn1nc(-c2ccc(Cl)cc2)n(CCC(F)(F)F)c1=O)(C(N)=O)c1cccc(C(F)(F)F)c1. The fourth-order valence-electron chi connectivity index (χ4n) is 3.91. The molecular formula is C24H22ClF6N5O3. The van der Waals surface area contributed by atoms with Crippen LogP contribution < -0.4 is 16.7 Å². The Hall–Kier alpha value is -3.81. The van der Waals surface area contributed by atoms with Crippen LogP contribution in [0.3, 0.4) is 0 Å². The summed E-state index contributed by atoms with van der Waals surface area (Å²) in [7, 11) is 0. The molecule has 1 aromatic heterocycles. The van der Waals surface area contributed by atoms with Crippen molar-refractivity contribution in [1.82, 2.24) is 19.7 Å². The molecule has 0 saturated carbocycles. The van der Waals surface area contributed by atoms with E-state index in [0.717, 1.165) is 16.7 Å². The second kappa shape index (κ2) is 11.1. The fraction of sp³-hybridized carbons (Fsp3) is 0.333. The van der Waals surface area contributed by atoms with E-state index in [9.17, 15) is 40.7 Å². The molecule has 0 aliphatic rings. The molecule has 1 unspecified atom stereocenters. The van der Waals surface area contributed by atoms with Crippen molar-refractivity contribution in [3.63, 3.8) is 0 Å². The van der Waals surface area contributed by atoms with Gasteiger partial charge in [-0.3, -0.25) is 14.2 Å². The smallest absolute Gasteiger partial charge is 0.367 e. The van der Waals surface area contributed by atoms with Gasteiger partial charge >= 0.3 is 18.0 Å². The van der Waals surface area contributed by atoms with Gasteiger partial charge in [0.25, 0.3) is 0 Å². The fourth-order valence-corrected chi connectivity index (χ4v) is 4.04. The Bertz CT molecular complexity index is 1420. The van der Waals surface area contributed by atoms with Gasteiger partial charge in [-0.05, 0) is 48.4 Å². The third kappa shape index (κ3) is 6.80. The van der Waals surface area contributed by atoms with Gasteiger partial charge in [0.1, 0.15) is 12.1 Å². The first-order valence-corrected chi connectivity index (χ1v) is 11.7. The average molecular weight is 578 g/mol. The standard InChI is InChI=1S/C24H22ClF6N5O3/c1-2-22(20(32)38,15-4-3-5-16(12-15)24(29,30)31)33-18(37)13-36-21(39)35(11-10-23(26,27)28)19(34-36)14-6-8-17(25)9-7-14/h3-9,12H,2,10-11,13H2,1H3,(H2,32,38)(H,33,37). The molecule has 0 aliphatic heterocycles. The highest BCUT2D eigenvalue weighted by Crippen LogP contribution is 2.33. The number of nitrogens with one attached hydrogen (secondary N) is 1. The summed E-state index contributed by atoms with van der Waals surface area (Å²) in [6, 6.07) is 9.37. The van der Waals surface area contributed by atoms with Gasteiger partial charge in [-0.2, -0.15) is 26.3 Å². The molecule has 0 aliphatic carbocycles. The summed E-state index contributed by atoms with van der Waals surface area (Å²) in [4.78, 5) is 38.4. The highest BCUT2D eigenvalue weighted by molar-refractivity contribution is 6.30. The van der Waals surface area contributed by atoms with E-state index >= 15 is 0 Å². The normalized spacial score (nSPS) is 13.6. The monoisotopic (exact) mass is 577 g/mol. The molecule has 3 N–H and O–H groups in total. The summed E-state index contributed by atoms with van der Waals surface area (Å²) in [5, 5.41) is 6.61. The lowest BCUT2D eigenvalue weighted by Gasteiger charge is -2.31. The second-order valence-electron chi connectivity index (χ2n) is 8.54. The van der Waals surface area contributed by atoms with Crippen molar-refractivity contribution in [2.75, 3.05) is 0 Å². The summed E-state index contributed by atoms with van der Waals surface area (Å²) in [5.41, 5.74) is 1.27. The molecule has 3 rings (SSSR count). The molecule has 0 radical (unpaired) electrons. The number of hydrogen-bond acceptors (Lipinski definition) is 4. The average Bonchev–Trinajstić information content (AvgIpc) is 3.15. The number of alkyl halides is 6. The first-order valence-electron chi connectivity index (χ1n) is 11.4. The van der Waals surface area contributed by atoms with Gasteiger partial charge in [0, 0.05) is 17.1 Å². The van der Waals surface area contributed by atoms with Crippen LogP contribution in [-0.2, 0) is 34.4 Å². The van der Waals surface area contributed by atoms with Crippen molar-refractivity contribution in [2.24, 2.45) is 5.73 Å². The van der Waals surface area contributed by atoms with Crippen molar-refractivity contribution >= 4 is 23.4 Å². The largest absolute Gasteiger partial charge is 0.416 e. The molecule has 0 saturated heterocycles. The van der Waals surface area contributed by atoms with E-state index in [-0.39, 0.29) is 23.4 Å². The van der Waals surface area contributed by atoms with Gasteiger partial charge in [-0.15, -0.1) is 5.10 Å². The molecule has 210 valence electrons. The van der Waals surface area contributed by atoms with E-state index in [1.807, 2.05) is 0 Å². The third-order valence-corrected chi connectivity index (χ3v) is 6.18. The molecule has 8 nitrogen and oxygen atoms in total. The molecule has 15 heteroatoms. The minimum Gasteiger partial charge on any atom is -0.367 e. The Morgan fingerprint density at radius 2 is 1.64 bits per heavy atom. The highest BCUT2D eigenvalue weighted by Gasteiger charge is 2.41. The first kappa shape index (κ1) is 29.7. The van der Waals surface area contributed by atoms with Crippen molar-refractivity contribution in [3.05, 3.63) is 75.2 Å². The van der Waals surface area contributed by atoms with Crippen LogP contribution >= 0.6 is 11.6 Å². The first-order chi connectivity index (χ1) is 18.1. The number of nitrogens with two attached hydrogens (primary N) is 1. The molecule has 0 spiro atoms. The summed E-state index contributed by atoms with van der Waals surface area (Å²) >= 11 is 5.86. The van der Waals surface area contributed by atoms with Crippen LogP contribution in [0.25, 0.3) is 11.4 Å². The topological polar surface area (TPSA) is 112 Å². The van der Waals surface area contributed by atoms with Gasteiger partial charge in [0.15, 0.2) is 5.82 Å². The molecule has 2 amide bonds. The Labute approximate surface area is 222 Å². The second-order valence-corrected chi connectivity index (χ2v) is 8.97. The van der Waals surface area contributed by atoms with Crippen molar-refractivity contribution in [2.45, 2.75) is 50.7 Å². The quantitative estimate of drug-likeness (QED) is 0.371. The predicted molar refractivity (Wildman–Crippen MR) is 128 cm³/mol. The van der Waals surface area contributed by atoms with Crippen LogP contribution in [0.1, 0.15) is 30.9 Å². The zero-order chi connectivity index (χ0) is 29.2. The third-order valence-electron chi connectivity index (χ3n) is 5.92. The summed E-state index contributed by atoms with van der Waals surface area (Å²) < 4.78 is 79.8. The number of primary amides is 1. The van der Waals surface area contributed by atoms with Gasteiger partial charge < -0.3 is 11.1 Å². The maximum Gasteiger partial charge on any atom is 0.416 e. The van der Waals surface area contributed by atoms with Crippen LogP contribution in [0, 0.1) is 0 Å². The van der Waals surface area contributed by atoms with E-state index < -0.39 is 60.5 Å². The molecular weight excluding hydrogens is 556 g/mol. The van der Waals surface area contributed by atoms with E-state index in [2.05, 4.69) is 10.4 Å². The van der Waals surface area contributed by atoms with Crippen LogP contribution in [0.15, 0.2) is 53.3 Å². The number of benzene rings is 2. The van der Waals surface area contributed by atoms with Crippen molar-refractivity contribution in [1.29, 1.82) is 0 Å². The highest BCUT2D eigenvalue weighted by atomic mass is 35.5. The van der Waals surface area contributed by atoms with E-state index in [4.69, 9.17) is 17.3 Å². The molecule has 0 bridgehead atoms. The van der Waals surface area contributed by atoms with Crippen LogP contribution in [0.4, 0.5) is 26.3 Å². The van der Waals surface area contributed by atoms with Crippen LogP contribution in [0.2, 0.25) is 5.02 Å². The van der Waals surface area contributed by atoms with Crippen LogP contribution in [-0.4, -0.2) is 32.3 Å². The lowest BCUT2D eigenvalue weighted by Crippen LogP contribution is -2.55. The number of aromatic nitrogens is 3. The molecule has 0 fully saturated rings. The lowest BCUT2D eigenvalue weighted by molar-refractivity contribution is -0.138. The van der Waals surface area contributed by atoms with Crippen molar-refractivity contribution < 1.29 is 35.9 Å². The summed E-state index contributed by atoms with van der Waals surface area (Å²) in [6.07, 6.45) is -10.9. The number of carbonyl (C=O) groups excluding carboxylic acids is 2. The number of hydrogen-bond donors (Lipinski definition) is 2. The molecule has 1 heterocycles. The number of carbonyl (C=O) groups is 2. The van der Waals surface area contributed by atoms with Crippen LogP contribution in [0.5, 0.6) is 0 Å². The Kier molecular flexibility index (Phi) is 8.48. The zero-order valence-corrected chi connectivity index (χ0v) is 21.0. The minimum absolute atomic E-state index is 0.178.